The predicted molar refractivity (Wildman–Crippen MR) is 86.9 cm³/mol. The number of carbonyl (C=O) groups excluding carboxylic acids is 1. The number of unbranched alkanes of at least 4 members (excludes halogenated alkanes) is 7. The smallest absolute Gasteiger partial charge is 0.311 e. The van der Waals surface area contributed by atoms with E-state index in [1.54, 1.807) is 0 Å². The first-order chi connectivity index (χ1) is 9.41. The van der Waals surface area contributed by atoms with Crippen LogP contribution in [0.3, 0.4) is 0 Å². The molecule has 0 aliphatic carbocycles. The Bertz CT molecular complexity index is 240. The van der Waals surface area contributed by atoms with Crippen LogP contribution in [-0.4, -0.2) is 12.1 Å². The van der Waals surface area contributed by atoms with Crippen molar-refractivity contribution in [3.8, 4) is 0 Å². The maximum Gasteiger partial charge on any atom is 0.311 e. The fraction of sp³-hybridized carbons (Fsp3) is 0.944. The second-order valence-electron chi connectivity index (χ2n) is 6.95. The number of hydrogen-bond donors (Lipinski definition) is 0. The highest BCUT2D eigenvalue weighted by molar-refractivity contribution is 5.75. The van der Waals surface area contributed by atoms with Crippen LogP contribution >= 0.6 is 0 Å². The topological polar surface area (TPSA) is 26.3 Å². The molecule has 0 aliphatic rings. The van der Waals surface area contributed by atoms with Gasteiger partial charge in [0.2, 0.25) is 0 Å². The van der Waals surface area contributed by atoms with Crippen molar-refractivity contribution in [1.29, 1.82) is 0 Å². The van der Waals surface area contributed by atoms with Gasteiger partial charge in [0.15, 0.2) is 0 Å². The maximum absolute atomic E-state index is 11.8. The van der Waals surface area contributed by atoms with Crippen molar-refractivity contribution < 1.29 is 9.53 Å². The third kappa shape index (κ3) is 10.3. The van der Waals surface area contributed by atoms with Gasteiger partial charge in [-0.15, -0.1) is 0 Å². The number of esters is 1. The van der Waals surface area contributed by atoms with Crippen LogP contribution in [0.25, 0.3) is 0 Å². The molecule has 0 saturated heterocycles. The van der Waals surface area contributed by atoms with Crippen LogP contribution in [0.1, 0.15) is 98.8 Å². The zero-order valence-corrected chi connectivity index (χ0v) is 14.5. The van der Waals surface area contributed by atoms with Crippen molar-refractivity contribution in [3.05, 3.63) is 0 Å². The first-order valence-electron chi connectivity index (χ1n) is 8.62. The minimum absolute atomic E-state index is 0.0658. The molecule has 1 atom stereocenters. The van der Waals surface area contributed by atoms with Crippen LogP contribution in [0.5, 0.6) is 0 Å². The first-order valence-corrected chi connectivity index (χ1v) is 8.62. The monoisotopic (exact) mass is 284 g/mol. The molecule has 0 amide bonds. The fourth-order valence-corrected chi connectivity index (χ4v) is 2.18. The minimum atomic E-state index is -0.382. The molecule has 0 fully saturated rings. The van der Waals surface area contributed by atoms with Gasteiger partial charge in [0, 0.05) is 0 Å². The van der Waals surface area contributed by atoms with Crippen LogP contribution in [0.2, 0.25) is 0 Å². The van der Waals surface area contributed by atoms with E-state index in [1.165, 1.54) is 51.4 Å². The molecular weight excluding hydrogens is 248 g/mol. The lowest BCUT2D eigenvalue weighted by molar-refractivity contribution is -0.159. The highest BCUT2D eigenvalue weighted by Gasteiger charge is 2.25. The second kappa shape index (κ2) is 11.2. The quantitative estimate of drug-likeness (QED) is 0.349. The highest BCUT2D eigenvalue weighted by Crippen LogP contribution is 2.20. The van der Waals surface area contributed by atoms with Gasteiger partial charge in [0.1, 0.15) is 6.10 Å². The number of carbonyl (C=O) groups is 1. The number of ether oxygens (including phenoxy) is 1. The van der Waals surface area contributed by atoms with Crippen LogP contribution in [0, 0.1) is 5.41 Å². The molecule has 2 nitrogen and oxygen atoms in total. The summed E-state index contributed by atoms with van der Waals surface area (Å²) in [5, 5.41) is 0. The summed E-state index contributed by atoms with van der Waals surface area (Å²) in [4.78, 5) is 11.8. The molecule has 0 aromatic carbocycles. The van der Waals surface area contributed by atoms with Crippen LogP contribution in [0.15, 0.2) is 0 Å². The molecule has 0 heterocycles. The third-order valence-corrected chi connectivity index (χ3v) is 3.72. The van der Waals surface area contributed by atoms with E-state index in [9.17, 15) is 4.79 Å². The number of rotatable bonds is 11. The molecule has 0 saturated carbocycles. The summed E-state index contributed by atoms with van der Waals surface area (Å²) < 4.78 is 5.58. The van der Waals surface area contributed by atoms with Gasteiger partial charge in [0.25, 0.3) is 0 Å². The Morgan fingerprint density at radius 2 is 1.40 bits per heavy atom. The Morgan fingerprint density at radius 3 is 1.85 bits per heavy atom. The lowest BCUT2D eigenvalue weighted by atomic mass is 9.97. The van der Waals surface area contributed by atoms with Crippen LogP contribution in [-0.2, 0) is 9.53 Å². The third-order valence-electron chi connectivity index (χ3n) is 3.72. The average molecular weight is 284 g/mol. The molecule has 0 radical (unpaired) electrons. The summed E-state index contributed by atoms with van der Waals surface area (Å²) in [6.07, 6.45) is 12.7. The van der Waals surface area contributed by atoms with Crippen molar-refractivity contribution in [2.75, 3.05) is 0 Å². The predicted octanol–water partition coefficient (Wildman–Crippen LogP) is 5.89. The minimum Gasteiger partial charge on any atom is -0.462 e. The van der Waals surface area contributed by atoms with E-state index in [0.29, 0.717) is 0 Å². The van der Waals surface area contributed by atoms with Crippen molar-refractivity contribution in [2.45, 2.75) is 105 Å². The molecule has 0 aromatic heterocycles. The molecule has 0 N–H and O–H groups in total. The number of hydrogen-bond acceptors (Lipinski definition) is 2. The van der Waals surface area contributed by atoms with Gasteiger partial charge in [-0.25, -0.2) is 0 Å². The van der Waals surface area contributed by atoms with Gasteiger partial charge >= 0.3 is 5.97 Å². The molecule has 20 heavy (non-hydrogen) atoms. The highest BCUT2D eigenvalue weighted by atomic mass is 16.5. The zero-order valence-electron chi connectivity index (χ0n) is 14.5. The summed E-state index contributed by atoms with van der Waals surface area (Å²) in [6, 6.07) is 0. The summed E-state index contributed by atoms with van der Waals surface area (Å²) >= 11 is 0. The average Bonchev–Trinajstić information content (AvgIpc) is 2.39. The van der Waals surface area contributed by atoms with E-state index >= 15 is 0 Å². The Kier molecular flexibility index (Phi) is 10.9. The largest absolute Gasteiger partial charge is 0.462 e. The van der Waals surface area contributed by atoms with E-state index in [1.807, 2.05) is 20.8 Å². The molecule has 2 heteroatoms. The van der Waals surface area contributed by atoms with Crippen LogP contribution < -0.4 is 0 Å². The Morgan fingerprint density at radius 1 is 0.900 bits per heavy atom. The summed E-state index contributed by atoms with van der Waals surface area (Å²) in [7, 11) is 0. The van der Waals surface area contributed by atoms with E-state index in [-0.39, 0.29) is 17.5 Å². The lowest BCUT2D eigenvalue weighted by Crippen LogP contribution is -2.28. The first kappa shape index (κ1) is 19.5. The molecule has 1 unspecified atom stereocenters. The zero-order chi connectivity index (χ0) is 15.4. The van der Waals surface area contributed by atoms with Crippen LogP contribution in [0.4, 0.5) is 0 Å². The standard InChI is InChI=1S/C18H36O2/c1-6-8-9-10-11-12-13-14-15-16(7-2)20-17(19)18(3,4)5/h16H,6-15H2,1-5H3. The molecule has 0 rings (SSSR count). The SMILES string of the molecule is CCCCCCCCCCC(CC)OC(=O)C(C)(C)C. The Labute approximate surface area is 126 Å². The van der Waals surface area contributed by atoms with E-state index in [0.717, 1.165) is 12.8 Å². The Hall–Kier alpha value is -0.530. The van der Waals surface area contributed by atoms with Gasteiger partial charge < -0.3 is 4.74 Å². The van der Waals surface area contributed by atoms with Crippen molar-refractivity contribution >= 4 is 5.97 Å². The van der Waals surface area contributed by atoms with Gasteiger partial charge in [-0.3, -0.25) is 4.79 Å². The van der Waals surface area contributed by atoms with E-state index < -0.39 is 0 Å². The van der Waals surface area contributed by atoms with Gasteiger partial charge in [-0.05, 0) is 40.0 Å². The summed E-state index contributed by atoms with van der Waals surface area (Å²) in [5.41, 5.74) is -0.382. The molecule has 120 valence electrons. The van der Waals surface area contributed by atoms with Crippen molar-refractivity contribution in [2.24, 2.45) is 5.41 Å². The molecule has 0 spiro atoms. The normalized spacial score (nSPS) is 13.2. The fourth-order valence-electron chi connectivity index (χ4n) is 2.18. The molecule has 0 aliphatic heterocycles. The Balaban J connectivity index is 3.63. The molecule has 0 aromatic rings. The van der Waals surface area contributed by atoms with Gasteiger partial charge in [0.05, 0.1) is 5.41 Å². The molecule has 0 bridgehead atoms. The van der Waals surface area contributed by atoms with Gasteiger partial charge in [-0.2, -0.15) is 0 Å². The van der Waals surface area contributed by atoms with Crippen molar-refractivity contribution in [1.82, 2.24) is 0 Å². The lowest BCUT2D eigenvalue weighted by Gasteiger charge is -2.22. The van der Waals surface area contributed by atoms with E-state index in [2.05, 4.69) is 13.8 Å². The summed E-state index contributed by atoms with van der Waals surface area (Å²) in [5.74, 6) is -0.0658. The second-order valence-corrected chi connectivity index (χ2v) is 6.95. The maximum atomic E-state index is 11.8. The van der Waals surface area contributed by atoms with E-state index in [4.69, 9.17) is 4.74 Å². The van der Waals surface area contributed by atoms with Crippen molar-refractivity contribution in [3.63, 3.8) is 0 Å². The summed E-state index contributed by atoms with van der Waals surface area (Å²) in [6.45, 7) is 10.1. The van der Waals surface area contributed by atoms with Gasteiger partial charge in [-0.1, -0.05) is 58.8 Å². The molecular formula is C18H36O2.